The number of halogens is 3. The van der Waals surface area contributed by atoms with Crippen LogP contribution in [0.3, 0.4) is 0 Å². The fourth-order valence-corrected chi connectivity index (χ4v) is 5.34. The molecular formula is C30H29F3N2O3. The van der Waals surface area contributed by atoms with Crippen molar-refractivity contribution in [2.24, 2.45) is 0 Å². The SMILES string of the molecule is Cc1ccc(CC(=O)N2CCCC23CN(C(=O)c2ccc(Oc4ccc(C(F)(F)F)cc4)cc2)C3)cc1C. The van der Waals surface area contributed by atoms with E-state index in [4.69, 9.17) is 4.74 Å². The number of amides is 2. The van der Waals surface area contributed by atoms with Crippen molar-refractivity contribution >= 4 is 11.8 Å². The zero-order valence-electron chi connectivity index (χ0n) is 21.3. The number of hydrogen-bond donors (Lipinski definition) is 0. The molecule has 5 nitrogen and oxygen atoms in total. The predicted octanol–water partition coefficient (Wildman–Crippen LogP) is 6.17. The molecule has 2 aliphatic rings. The first kappa shape index (κ1) is 25.8. The molecule has 1 spiro atoms. The molecule has 0 N–H and O–H groups in total. The van der Waals surface area contributed by atoms with E-state index in [2.05, 4.69) is 13.0 Å². The minimum atomic E-state index is -4.40. The second-order valence-electron chi connectivity index (χ2n) is 10.3. The summed E-state index contributed by atoms with van der Waals surface area (Å²) in [6.45, 7) is 5.82. The molecule has 2 saturated heterocycles. The molecule has 0 saturated carbocycles. The van der Waals surface area contributed by atoms with Crippen LogP contribution < -0.4 is 4.74 Å². The third kappa shape index (κ3) is 5.12. The number of alkyl halides is 3. The largest absolute Gasteiger partial charge is 0.457 e. The summed E-state index contributed by atoms with van der Waals surface area (Å²) < 4.78 is 43.8. The van der Waals surface area contributed by atoms with Gasteiger partial charge in [0.1, 0.15) is 11.5 Å². The van der Waals surface area contributed by atoms with Gasteiger partial charge in [0.25, 0.3) is 5.91 Å². The van der Waals surface area contributed by atoms with Crippen molar-refractivity contribution in [1.82, 2.24) is 9.80 Å². The Morgan fingerprint density at radius 2 is 1.53 bits per heavy atom. The third-order valence-corrected chi connectivity index (χ3v) is 7.60. The quantitative estimate of drug-likeness (QED) is 0.403. The number of aryl methyl sites for hydroxylation is 2. The molecule has 0 aliphatic carbocycles. The van der Waals surface area contributed by atoms with Crippen molar-refractivity contribution in [3.05, 3.63) is 94.5 Å². The van der Waals surface area contributed by atoms with E-state index in [1.54, 1.807) is 29.2 Å². The number of rotatable bonds is 5. The Morgan fingerprint density at radius 1 is 0.895 bits per heavy atom. The van der Waals surface area contributed by atoms with Gasteiger partial charge in [-0.1, -0.05) is 18.2 Å². The minimum Gasteiger partial charge on any atom is -0.457 e. The molecule has 3 aromatic carbocycles. The topological polar surface area (TPSA) is 49.9 Å². The summed E-state index contributed by atoms with van der Waals surface area (Å²) in [5.74, 6) is 0.668. The summed E-state index contributed by atoms with van der Waals surface area (Å²) in [5, 5.41) is 0. The summed E-state index contributed by atoms with van der Waals surface area (Å²) in [7, 11) is 0. The maximum Gasteiger partial charge on any atom is 0.416 e. The number of carbonyl (C=O) groups excluding carboxylic acids is 2. The van der Waals surface area contributed by atoms with Crippen LogP contribution in [-0.2, 0) is 17.4 Å². The molecule has 2 aliphatic heterocycles. The molecule has 38 heavy (non-hydrogen) atoms. The monoisotopic (exact) mass is 522 g/mol. The molecule has 5 rings (SSSR count). The van der Waals surface area contributed by atoms with E-state index < -0.39 is 11.7 Å². The second kappa shape index (κ2) is 9.82. The van der Waals surface area contributed by atoms with Gasteiger partial charge in [-0.15, -0.1) is 0 Å². The van der Waals surface area contributed by atoms with Gasteiger partial charge in [0.2, 0.25) is 5.91 Å². The lowest BCUT2D eigenvalue weighted by Crippen LogP contribution is -2.70. The first-order valence-electron chi connectivity index (χ1n) is 12.7. The standard InChI is InChI=1S/C30H29F3N2O3/c1-20-4-5-22(16-21(20)2)17-27(36)35-15-3-14-29(35)18-34(19-29)28(37)23-6-10-25(11-7-23)38-26-12-8-24(9-13-26)30(31,32)33/h4-13,16H,3,14-15,17-19H2,1-2H3. The molecule has 2 amide bonds. The van der Waals surface area contributed by atoms with Gasteiger partial charge in [0.05, 0.1) is 17.5 Å². The van der Waals surface area contributed by atoms with Crippen LogP contribution in [0.4, 0.5) is 13.2 Å². The highest BCUT2D eigenvalue weighted by Gasteiger charge is 2.53. The molecule has 0 atom stereocenters. The summed E-state index contributed by atoms with van der Waals surface area (Å²) in [6, 6.07) is 17.1. The van der Waals surface area contributed by atoms with Gasteiger partial charge in [-0.25, -0.2) is 0 Å². The lowest BCUT2D eigenvalue weighted by molar-refractivity contribution is -0.140. The van der Waals surface area contributed by atoms with Crippen LogP contribution in [0.1, 0.15) is 45.5 Å². The number of benzene rings is 3. The Hall–Kier alpha value is -3.81. The molecule has 198 valence electrons. The lowest BCUT2D eigenvalue weighted by atomic mass is 9.86. The highest BCUT2D eigenvalue weighted by molar-refractivity contribution is 5.95. The van der Waals surface area contributed by atoms with Crippen LogP contribution >= 0.6 is 0 Å². The molecule has 2 heterocycles. The van der Waals surface area contributed by atoms with Gasteiger partial charge in [-0.05, 0) is 91.9 Å². The average Bonchev–Trinajstić information content (AvgIpc) is 3.31. The number of ether oxygens (including phenoxy) is 1. The predicted molar refractivity (Wildman–Crippen MR) is 137 cm³/mol. The van der Waals surface area contributed by atoms with Gasteiger partial charge in [0.15, 0.2) is 0 Å². The van der Waals surface area contributed by atoms with Crippen LogP contribution in [0.5, 0.6) is 11.5 Å². The molecular weight excluding hydrogens is 493 g/mol. The Kier molecular flexibility index (Phi) is 6.67. The lowest BCUT2D eigenvalue weighted by Gasteiger charge is -2.52. The van der Waals surface area contributed by atoms with Crippen molar-refractivity contribution in [1.29, 1.82) is 0 Å². The molecule has 0 aromatic heterocycles. The maximum atomic E-state index is 13.2. The van der Waals surface area contributed by atoms with Crippen LogP contribution in [0.25, 0.3) is 0 Å². The first-order valence-corrected chi connectivity index (χ1v) is 12.7. The summed E-state index contributed by atoms with van der Waals surface area (Å²) in [4.78, 5) is 30.0. The zero-order valence-corrected chi connectivity index (χ0v) is 21.3. The van der Waals surface area contributed by atoms with E-state index in [9.17, 15) is 22.8 Å². The fourth-order valence-electron chi connectivity index (χ4n) is 5.34. The highest BCUT2D eigenvalue weighted by atomic mass is 19.4. The Balaban J connectivity index is 1.18. The third-order valence-electron chi connectivity index (χ3n) is 7.60. The van der Waals surface area contributed by atoms with E-state index in [-0.39, 0.29) is 23.1 Å². The van der Waals surface area contributed by atoms with Gasteiger partial charge >= 0.3 is 6.18 Å². The number of carbonyl (C=O) groups is 2. The summed E-state index contributed by atoms with van der Waals surface area (Å²) in [5.41, 5.74) is 2.83. The normalized spacial score (nSPS) is 16.4. The van der Waals surface area contributed by atoms with Gasteiger partial charge in [-0.2, -0.15) is 13.2 Å². The van der Waals surface area contributed by atoms with Gasteiger partial charge in [-0.3, -0.25) is 9.59 Å². The average molecular weight is 523 g/mol. The van der Waals surface area contributed by atoms with E-state index >= 15 is 0 Å². The zero-order chi connectivity index (χ0) is 27.1. The van der Waals surface area contributed by atoms with Crippen LogP contribution in [0.15, 0.2) is 66.7 Å². The summed E-state index contributed by atoms with van der Waals surface area (Å²) >= 11 is 0. The molecule has 0 unspecified atom stereocenters. The van der Waals surface area contributed by atoms with E-state index in [1.807, 2.05) is 24.0 Å². The molecule has 3 aromatic rings. The minimum absolute atomic E-state index is 0.0996. The highest BCUT2D eigenvalue weighted by Crippen LogP contribution is 2.39. The Bertz CT molecular complexity index is 1340. The van der Waals surface area contributed by atoms with Crippen molar-refractivity contribution in [3.8, 4) is 11.5 Å². The molecule has 8 heteroatoms. The maximum absolute atomic E-state index is 13.2. The van der Waals surface area contributed by atoms with Crippen LogP contribution in [0, 0.1) is 13.8 Å². The summed E-state index contributed by atoms with van der Waals surface area (Å²) in [6.07, 6.45) is -2.23. The van der Waals surface area contributed by atoms with Crippen molar-refractivity contribution in [3.63, 3.8) is 0 Å². The van der Waals surface area contributed by atoms with Crippen LogP contribution in [-0.4, -0.2) is 46.8 Å². The van der Waals surface area contributed by atoms with Crippen molar-refractivity contribution in [2.45, 2.75) is 44.8 Å². The van der Waals surface area contributed by atoms with Crippen LogP contribution in [0.2, 0.25) is 0 Å². The van der Waals surface area contributed by atoms with Gasteiger partial charge in [0, 0.05) is 25.2 Å². The van der Waals surface area contributed by atoms with Crippen molar-refractivity contribution < 1.29 is 27.5 Å². The number of hydrogen-bond acceptors (Lipinski definition) is 3. The second-order valence-corrected chi connectivity index (χ2v) is 10.3. The van der Waals surface area contributed by atoms with Gasteiger partial charge < -0.3 is 14.5 Å². The molecule has 0 radical (unpaired) electrons. The molecule has 2 fully saturated rings. The van der Waals surface area contributed by atoms with E-state index in [0.29, 0.717) is 37.4 Å². The number of nitrogens with zero attached hydrogens (tertiary/aromatic N) is 2. The first-order chi connectivity index (χ1) is 18.0. The van der Waals surface area contributed by atoms with Crippen molar-refractivity contribution in [2.75, 3.05) is 19.6 Å². The van der Waals surface area contributed by atoms with E-state index in [0.717, 1.165) is 30.5 Å². The van der Waals surface area contributed by atoms with E-state index in [1.165, 1.54) is 23.3 Å². The molecule has 0 bridgehead atoms. The Morgan fingerprint density at radius 3 is 2.13 bits per heavy atom. The Labute approximate surface area is 219 Å². The smallest absolute Gasteiger partial charge is 0.416 e. The number of likely N-dealkylation sites (tertiary alicyclic amines) is 2. The fraction of sp³-hybridized carbons (Fsp3) is 0.333.